The lowest BCUT2D eigenvalue weighted by Gasteiger charge is -2.24. The van der Waals surface area contributed by atoms with Gasteiger partial charge in [0, 0.05) is 12.3 Å². The van der Waals surface area contributed by atoms with Crippen LogP contribution in [0, 0.1) is 5.92 Å². The second kappa shape index (κ2) is 5.96. The summed E-state index contributed by atoms with van der Waals surface area (Å²) in [6.45, 7) is 1.88. The van der Waals surface area contributed by atoms with Crippen molar-refractivity contribution in [3.8, 4) is 0 Å². The minimum atomic E-state index is -2.06. The van der Waals surface area contributed by atoms with Gasteiger partial charge in [0.15, 0.2) is 0 Å². The third-order valence-corrected chi connectivity index (χ3v) is 2.77. The summed E-state index contributed by atoms with van der Waals surface area (Å²) in [6, 6.07) is 0. The van der Waals surface area contributed by atoms with Crippen LogP contribution in [-0.2, 0) is 14.3 Å². The molecule has 0 radical (unpaired) electrons. The molecule has 5 heteroatoms. The van der Waals surface area contributed by atoms with E-state index in [0.717, 1.165) is 0 Å². The average molecular weight is 261 g/mol. The predicted octanol–water partition coefficient (Wildman–Crippen LogP) is 2.55. The molecular weight excluding hydrogens is 247 g/mol. The summed E-state index contributed by atoms with van der Waals surface area (Å²) in [6.07, 6.45) is 5.38. The van der Waals surface area contributed by atoms with E-state index in [1.165, 1.54) is 18.2 Å². The molecule has 2 atom stereocenters. The maximum Gasteiger partial charge on any atom is 0.313 e. The lowest BCUT2D eigenvalue weighted by Crippen LogP contribution is -2.27. The number of allylic oxidation sites excluding steroid dienone is 4. The fourth-order valence-electron chi connectivity index (χ4n) is 1.53. The highest BCUT2D eigenvalue weighted by molar-refractivity contribution is 6.24. The molecule has 0 aromatic rings. The van der Waals surface area contributed by atoms with Gasteiger partial charge in [-0.05, 0) is 13.0 Å². The molecule has 0 fully saturated rings. The summed E-state index contributed by atoms with van der Waals surface area (Å²) >= 11 is 5.61. The smallest absolute Gasteiger partial charge is 0.313 e. The van der Waals surface area contributed by atoms with Crippen LogP contribution in [0.4, 0.5) is 4.39 Å². The largest absolute Gasteiger partial charge is 0.466 e. The molecule has 2 unspecified atom stereocenters. The topological polar surface area (TPSA) is 43.4 Å². The van der Waals surface area contributed by atoms with Crippen molar-refractivity contribution < 1.29 is 18.7 Å². The summed E-state index contributed by atoms with van der Waals surface area (Å²) in [4.78, 5) is 22.6. The van der Waals surface area contributed by atoms with Crippen molar-refractivity contribution in [2.24, 2.45) is 5.92 Å². The number of esters is 1. The van der Waals surface area contributed by atoms with Gasteiger partial charge < -0.3 is 4.74 Å². The van der Waals surface area contributed by atoms with Gasteiger partial charge in [-0.3, -0.25) is 9.59 Å². The van der Waals surface area contributed by atoms with Crippen molar-refractivity contribution in [1.29, 1.82) is 0 Å². The van der Waals surface area contributed by atoms with Crippen LogP contribution >= 0.6 is 11.6 Å². The minimum Gasteiger partial charge on any atom is -0.466 e. The van der Waals surface area contributed by atoms with Crippen molar-refractivity contribution in [1.82, 2.24) is 0 Å². The highest BCUT2D eigenvalue weighted by atomic mass is 35.5. The van der Waals surface area contributed by atoms with Crippen LogP contribution in [0.2, 0.25) is 0 Å². The number of alkyl halides is 2. The second-order valence-corrected chi connectivity index (χ2v) is 4.33. The quantitative estimate of drug-likeness (QED) is 0.433. The van der Waals surface area contributed by atoms with Crippen LogP contribution in [0.5, 0.6) is 0 Å². The predicted molar refractivity (Wildman–Crippen MR) is 62.3 cm³/mol. The Morgan fingerprint density at radius 2 is 2.18 bits per heavy atom. The third-order valence-electron chi connectivity index (χ3n) is 2.36. The van der Waals surface area contributed by atoms with E-state index in [9.17, 15) is 14.0 Å². The summed E-state index contributed by atoms with van der Waals surface area (Å²) in [5.41, 5.74) is 0. The Labute approximate surface area is 104 Å². The highest BCUT2D eigenvalue weighted by Gasteiger charge is 2.35. The van der Waals surface area contributed by atoms with E-state index in [1.807, 2.05) is 0 Å². The third kappa shape index (κ3) is 4.30. The van der Waals surface area contributed by atoms with Gasteiger partial charge >= 0.3 is 5.97 Å². The van der Waals surface area contributed by atoms with E-state index in [4.69, 9.17) is 11.6 Å². The number of hydrogen-bond acceptors (Lipinski definition) is 3. The number of ketones is 1. The fraction of sp³-hybridized carbons (Fsp3) is 0.500. The molecule has 0 N–H and O–H groups in total. The van der Waals surface area contributed by atoms with Crippen LogP contribution in [0.15, 0.2) is 24.3 Å². The lowest BCUT2D eigenvalue weighted by atomic mass is 9.92. The van der Waals surface area contributed by atoms with Gasteiger partial charge in [0.2, 0.25) is 5.13 Å². The van der Waals surface area contributed by atoms with Gasteiger partial charge in [-0.1, -0.05) is 29.8 Å². The van der Waals surface area contributed by atoms with Gasteiger partial charge in [-0.15, -0.1) is 0 Å². The van der Waals surface area contributed by atoms with E-state index in [0.29, 0.717) is 0 Å². The van der Waals surface area contributed by atoms with Gasteiger partial charge in [0.25, 0.3) is 0 Å². The molecule has 1 aliphatic rings. The van der Waals surface area contributed by atoms with Crippen LogP contribution in [0.3, 0.4) is 0 Å². The highest BCUT2D eigenvalue weighted by Crippen LogP contribution is 2.35. The lowest BCUT2D eigenvalue weighted by molar-refractivity contribution is -0.145. The molecule has 0 saturated heterocycles. The number of carbonyl (C=O) groups is 2. The average Bonchev–Trinajstić information content (AvgIpc) is 2.21. The SMILES string of the molecule is CCOC(=O)CC(=O)CC1C=CC=CC1(F)Cl. The summed E-state index contributed by atoms with van der Waals surface area (Å²) in [5.74, 6) is -1.71. The van der Waals surface area contributed by atoms with E-state index >= 15 is 0 Å². The van der Waals surface area contributed by atoms with Crippen molar-refractivity contribution in [3.05, 3.63) is 24.3 Å². The molecule has 0 heterocycles. The van der Waals surface area contributed by atoms with Crippen LogP contribution in [-0.4, -0.2) is 23.5 Å². The number of carbonyl (C=O) groups excluding carboxylic acids is 2. The molecule has 0 spiro atoms. The van der Waals surface area contributed by atoms with Crippen molar-refractivity contribution >= 4 is 23.4 Å². The first kappa shape index (κ1) is 13.9. The second-order valence-electron chi connectivity index (χ2n) is 3.75. The number of halogens is 2. The molecule has 0 aliphatic heterocycles. The molecule has 0 saturated carbocycles. The number of hydrogen-bond donors (Lipinski definition) is 0. The zero-order chi connectivity index (χ0) is 12.9. The van der Waals surface area contributed by atoms with Crippen molar-refractivity contribution in [2.75, 3.05) is 6.61 Å². The van der Waals surface area contributed by atoms with E-state index in [1.54, 1.807) is 13.0 Å². The summed E-state index contributed by atoms with van der Waals surface area (Å²) in [7, 11) is 0. The van der Waals surface area contributed by atoms with E-state index in [-0.39, 0.29) is 25.2 Å². The molecule has 0 aromatic carbocycles. The van der Waals surface area contributed by atoms with Gasteiger partial charge in [0.1, 0.15) is 12.2 Å². The fourth-order valence-corrected chi connectivity index (χ4v) is 1.75. The standard InChI is InChI=1S/C12H14ClFO3/c1-2-17-11(16)8-10(15)7-9-5-3-4-6-12(9,13)14/h3-6,9H,2,7-8H2,1H3. The maximum absolute atomic E-state index is 13.7. The Balaban J connectivity index is 2.49. The molecule has 0 bridgehead atoms. The zero-order valence-electron chi connectivity index (χ0n) is 9.49. The Hall–Kier alpha value is -1.16. The number of ether oxygens (including phenoxy) is 1. The number of rotatable bonds is 5. The van der Waals surface area contributed by atoms with Gasteiger partial charge in [-0.2, -0.15) is 0 Å². The van der Waals surface area contributed by atoms with Gasteiger partial charge in [-0.25, -0.2) is 4.39 Å². The molecule has 1 rings (SSSR count). The minimum absolute atomic E-state index is 0.111. The molecule has 0 aromatic heterocycles. The monoisotopic (exact) mass is 260 g/mol. The normalized spacial score (nSPS) is 26.9. The molecular formula is C12H14ClFO3. The Bertz CT molecular complexity index is 361. The van der Waals surface area contributed by atoms with Crippen LogP contribution < -0.4 is 0 Å². The molecule has 0 amide bonds. The maximum atomic E-state index is 13.7. The summed E-state index contributed by atoms with van der Waals surface area (Å²) in [5, 5.41) is -2.06. The molecule has 1 aliphatic carbocycles. The first-order valence-electron chi connectivity index (χ1n) is 5.37. The molecule has 3 nitrogen and oxygen atoms in total. The summed E-state index contributed by atoms with van der Waals surface area (Å²) < 4.78 is 18.4. The number of Topliss-reactive ketones (excluding diaryl/α,β-unsaturated/α-hetero) is 1. The Morgan fingerprint density at radius 3 is 2.76 bits per heavy atom. The first-order chi connectivity index (χ1) is 7.95. The Morgan fingerprint density at radius 1 is 1.47 bits per heavy atom. The van der Waals surface area contributed by atoms with Crippen LogP contribution in [0.25, 0.3) is 0 Å². The van der Waals surface area contributed by atoms with E-state index in [2.05, 4.69) is 4.74 Å². The first-order valence-corrected chi connectivity index (χ1v) is 5.74. The zero-order valence-corrected chi connectivity index (χ0v) is 10.2. The van der Waals surface area contributed by atoms with Crippen molar-refractivity contribution in [3.63, 3.8) is 0 Å². The Kier molecular flexibility index (Phi) is 4.87. The van der Waals surface area contributed by atoms with E-state index < -0.39 is 17.0 Å². The van der Waals surface area contributed by atoms with Crippen molar-refractivity contribution in [2.45, 2.75) is 24.9 Å². The van der Waals surface area contributed by atoms with Crippen LogP contribution in [0.1, 0.15) is 19.8 Å². The molecule has 17 heavy (non-hydrogen) atoms. The van der Waals surface area contributed by atoms with Gasteiger partial charge in [0.05, 0.1) is 6.61 Å². The molecule has 94 valence electrons.